The van der Waals surface area contributed by atoms with Gasteiger partial charge in [0, 0.05) is 0 Å². The van der Waals surface area contributed by atoms with Crippen molar-refractivity contribution in [2.45, 2.75) is 23.1 Å². The first-order chi connectivity index (χ1) is 7.79. The summed E-state index contributed by atoms with van der Waals surface area (Å²) in [5.41, 5.74) is -5.56. The normalized spacial score (nSPS) is 48.5. The second kappa shape index (κ2) is 3.16. The van der Waals surface area contributed by atoms with E-state index < -0.39 is 30.7 Å². The number of aliphatic hydroxyl groups is 6. The van der Waals surface area contributed by atoms with Crippen molar-refractivity contribution in [1.29, 1.82) is 0 Å². The van der Waals surface area contributed by atoms with Gasteiger partial charge in [-0.3, -0.25) is 4.57 Å². The van der Waals surface area contributed by atoms with Gasteiger partial charge in [-0.1, -0.05) is 4.67 Å². The Hall–Kier alpha value is -0.0401. The summed E-state index contributed by atoms with van der Waals surface area (Å²) in [7, 11) is 5.16. The third kappa shape index (κ3) is 1.27. The average Bonchev–Trinajstić information content (AvgIpc) is 2.75. The molecule has 0 aromatic heterocycles. The van der Waals surface area contributed by atoms with Gasteiger partial charge in [0.2, 0.25) is 0 Å². The van der Waals surface area contributed by atoms with Gasteiger partial charge >= 0.3 is 19.5 Å². The maximum atomic E-state index is 12.2. The molecule has 0 spiro atoms. The van der Waals surface area contributed by atoms with E-state index in [1.165, 1.54) is 0 Å². The van der Waals surface area contributed by atoms with Crippen LogP contribution in [0.1, 0.15) is 0 Å². The van der Waals surface area contributed by atoms with Crippen LogP contribution in [0.5, 0.6) is 0 Å². The molecule has 0 amide bonds. The van der Waals surface area contributed by atoms with Crippen LogP contribution in [-0.2, 0) is 9.19 Å². The molecule has 0 saturated carbocycles. The van der Waals surface area contributed by atoms with Crippen LogP contribution in [0, 0.1) is 0 Å². The van der Waals surface area contributed by atoms with Gasteiger partial charge in [0.15, 0.2) is 0 Å². The van der Waals surface area contributed by atoms with Gasteiger partial charge in [-0.25, -0.2) is 10.5 Å². The predicted octanol–water partition coefficient (Wildman–Crippen LogP) is -5.48. The molecular formula is C4H8B2N3O8P. The number of nitrogens with two attached hydrogens (primary N) is 1. The van der Waals surface area contributed by atoms with Crippen LogP contribution in [0.2, 0.25) is 0 Å². The first-order valence-corrected chi connectivity index (χ1v) is 5.84. The maximum absolute atomic E-state index is 12.2. The quantitative estimate of drug-likeness (QED) is 0.0860. The molecular weight excluding hydrogens is 271 g/mol. The zero-order chi connectivity index (χ0) is 14.4. The Balaban J connectivity index is 2.40. The topological polar surface area (TPSA) is 180 Å². The maximum Gasteiger partial charge on any atom is 0.374 e. The van der Waals surface area contributed by atoms with Gasteiger partial charge in [0.05, 0.1) is 0 Å². The van der Waals surface area contributed by atoms with E-state index in [1.54, 1.807) is 0 Å². The Bertz CT molecular complexity index is 390. The molecule has 0 aromatic rings. The lowest BCUT2D eigenvalue weighted by Gasteiger charge is -2.20. The first kappa shape index (κ1) is 14.4. The van der Waals surface area contributed by atoms with Crippen LogP contribution in [0.3, 0.4) is 0 Å². The second-order valence-electron chi connectivity index (χ2n) is 3.94. The SMILES string of the molecule is [B]C1(O)N(P(=O)(ON)N2C(O)(O)C2(O)O)C1([B])O. The standard InChI is InChI=1S/C4H8B2N3O8P/c5-1(10)2(6,11)8(1)18(16,17-7)9-3(12,13)4(9,14)15/h10-15H,7H2. The summed E-state index contributed by atoms with van der Waals surface area (Å²) in [6.07, 6.45) is 0. The molecule has 0 bridgehead atoms. The molecule has 2 heterocycles. The van der Waals surface area contributed by atoms with E-state index in [-0.39, 0.29) is 9.34 Å². The molecule has 4 radical (unpaired) electrons. The molecule has 0 aliphatic carbocycles. The minimum Gasteiger partial charge on any atom is -0.381 e. The van der Waals surface area contributed by atoms with Crippen LogP contribution < -0.4 is 5.90 Å². The third-order valence-electron chi connectivity index (χ3n) is 2.77. The Morgan fingerprint density at radius 2 is 1.28 bits per heavy atom. The molecule has 0 aromatic carbocycles. The van der Waals surface area contributed by atoms with Gasteiger partial charge in [0.25, 0.3) is 0 Å². The van der Waals surface area contributed by atoms with E-state index in [0.29, 0.717) is 0 Å². The Kier molecular flexibility index (Phi) is 2.52. The lowest BCUT2D eigenvalue weighted by molar-refractivity contribution is -0.207. The molecule has 3 unspecified atom stereocenters. The minimum atomic E-state index is -4.91. The highest BCUT2D eigenvalue weighted by atomic mass is 31.2. The summed E-state index contributed by atoms with van der Waals surface area (Å²) in [5.74, 6) is -2.14. The van der Waals surface area contributed by atoms with Gasteiger partial charge in [0.1, 0.15) is 26.9 Å². The minimum absolute atomic E-state index is 0.0532. The zero-order valence-corrected chi connectivity index (χ0v) is 9.47. The Morgan fingerprint density at radius 3 is 1.44 bits per heavy atom. The molecule has 2 fully saturated rings. The summed E-state index contributed by atoms with van der Waals surface area (Å²) >= 11 is 0. The van der Waals surface area contributed by atoms with Crippen LogP contribution in [0.25, 0.3) is 0 Å². The van der Waals surface area contributed by atoms with Crippen molar-refractivity contribution >= 4 is 23.4 Å². The number of nitrogens with zero attached hydrogens (tertiary/aromatic N) is 2. The van der Waals surface area contributed by atoms with E-state index >= 15 is 0 Å². The van der Waals surface area contributed by atoms with Crippen LogP contribution in [0.4, 0.5) is 0 Å². The molecule has 2 rings (SSSR count). The van der Waals surface area contributed by atoms with Crippen molar-refractivity contribution in [3.05, 3.63) is 0 Å². The Morgan fingerprint density at radius 1 is 0.944 bits per heavy atom. The van der Waals surface area contributed by atoms with Crippen LogP contribution >= 0.6 is 7.67 Å². The fraction of sp³-hybridized carbons (Fsp3) is 1.00. The molecule has 3 atom stereocenters. The summed E-state index contributed by atoms with van der Waals surface area (Å²) < 4.78 is 15.7. The summed E-state index contributed by atoms with van der Waals surface area (Å²) in [6, 6.07) is 0. The monoisotopic (exact) mass is 279 g/mol. The van der Waals surface area contributed by atoms with Crippen LogP contribution in [-0.4, -0.2) is 78.7 Å². The van der Waals surface area contributed by atoms with Crippen molar-refractivity contribution in [1.82, 2.24) is 9.34 Å². The van der Waals surface area contributed by atoms with Gasteiger partial charge in [-0.05, 0) is 0 Å². The largest absolute Gasteiger partial charge is 0.381 e. The van der Waals surface area contributed by atoms with E-state index in [1.807, 2.05) is 0 Å². The molecule has 18 heavy (non-hydrogen) atoms. The van der Waals surface area contributed by atoms with E-state index in [0.717, 1.165) is 0 Å². The lowest BCUT2D eigenvalue weighted by Crippen LogP contribution is -2.25. The average molecular weight is 279 g/mol. The smallest absolute Gasteiger partial charge is 0.374 e. The predicted molar refractivity (Wildman–Crippen MR) is 52.3 cm³/mol. The fourth-order valence-electron chi connectivity index (χ4n) is 1.58. The lowest BCUT2D eigenvalue weighted by atomic mass is 9.83. The van der Waals surface area contributed by atoms with Crippen molar-refractivity contribution in [2.75, 3.05) is 0 Å². The number of rotatable bonds is 3. The second-order valence-corrected chi connectivity index (χ2v) is 5.93. The van der Waals surface area contributed by atoms with Crippen molar-refractivity contribution < 1.29 is 39.8 Å². The van der Waals surface area contributed by atoms with Gasteiger partial charge in [-0.15, -0.1) is 0 Å². The number of hydrogen-bond acceptors (Lipinski definition) is 9. The molecule has 2 aliphatic heterocycles. The molecule has 2 aliphatic rings. The highest BCUT2D eigenvalue weighted by molar-refractivity contribution is 7.55. The summed E-state index contributed by atoms with van der Waals surface area (Å²) in [6.45, 7) is 0. The summed E-state index contributed by atoms with van der Waals surface area (Å²) in [4.78, 5) is 0. The molecule has 14 heteroatoms. The molecule has 98 valence electrons. The van der Waals surface area contributed by atoms with Crippen molar-refractivity contribution in [3.8, 4) is 0 Å². The zero-order valence-electron chi connectivity index (χ0n) is 8.57. The highest BCUT2D eigenvalue weighted by Gasteiger charge is 2.89. The fourth-order valence-corrected chi connectivity index (χ4v) is 3.90. The molecule has 11 nitrogen and oxygen atoms in total. The van der Waals surface area contributed by atoms with E-state index in [2.05, 4.69) is 10.5 Å². The van der Waals surface area contributed by atoms with Gasteiger partial charge < -0.3 is 30.6 Å². The Labute approximate surface area is 102 Å². The van der Waals surface area contributed by atoms with E-state index in [9.17, 15) is 14.8 Å². The van der Waals surface area contributed by atoms with Crippen molar-refractivity contribution in [3.63, 3.8) is 0 Å². The first-order valence-electron chi connectivity index (χ1n) is 4.31. The highest BCUT2D eigenvalue weighted by Crippen LogP contribution is 2.75. The summed E-state index contributed by atoms with van der Waals surface area (Å²) in [5, 5.41) is 55.2. The molecule has 8 N–H and O–H groups in total. The number of hydrogen-bond donors (Lipinski definition) is 7. The van der Waals surface area contributed by atoms with Crippen LogP contribution in [0.15, 0.2) is 0 Å². The van der Waals surface area contributed by atoms with E-state index in [4.69, 9.17) is 36.1 Å². The third-order valence-corrected chi connectivity index (χ3v) is 5.22. The van der Waals surface area contributed by atoms with Gasteiger partial charge in [-0.2, -0.15) is 4.67 Å². The van der Waals surface area contributed by atoms with Crippen molar-refractivity contribution in [2.24, 2.45) is 5.90 Å². The molecule has 2 saturated heterocycles.